The number of ether oxygens (including phenoxy) is 1. The molecule has 0 saturated carbocycles. The van der Waals surface area contributed by atoms with E-state index in [2.05, 4.69) is 0 Å². The van der Waals surface area contributed by atoms with E-state index in [0.717, 1.165) is 12.0 Å². The minimum atomic E-state index is -7.24. The van der Waals surface area contributed by atoms with Crippen molar-refractivity contribution in [2.24, 2.45) is 0 Å². The molecule has 1 aromatic carbocycles. The highest BCUT2D eigenvalue weighted by molar-refractivity contribution is 7.15. The van der Waals surface area contributed by atoms with Gasteiger partial charge in [-0.3, -0.25) is 4.79 Å². The number of hydrogen-bond acceptors (Lipinski definition) is 4. The summed E-state index contributed by atoms with van der Waals surface area (Å²) in [6, 6.07) is 6.55. The van der Waals surface area contributed by atoms with Crippen LogP contribution in [0.1, 0.15) is 56.0 Å². The van der Waals surface area contributed by atoms with Gasteiger partial charge in [-0.25, -0.2) is 4.79 Å². The van der Waals surface area contributed by atoms with Crippen LogP contribution in [0.3, 0.4) is 0 Å². The summed E-state index contributed by atoms with van der Waals surface area (Å²) in [5.74, 6) is -25.1. The van der Waals surface area contributed by atoms with E-state index in [1.807, 2.05) is 13.8 Å². The lowest BCUT2D eigenvalue weighted by atomic mass is 9.95. The van der Waals surface area contributed by atoms with Crippen molar-refractivity contribution in [1.29, 1.82) is 0 Å². The lowest BCUT2D eigenvalue weighted by Crippen LogP contribution is -2.64. The topological polar surface area (TPSA) is 55.4 Å². The molecule has 0 spiro atoms. The van der Waals surface area contributed by atoms with Gasteiger partial charge in [0.25, 0.3) is 0 Å². The van der Waals surface area contributed by atoms with E-state index in [9.17, 15) is 49.1 Å². The Morgan fingerprint density at radius 3 is 1.92 bits per heavy atom. The van der Waals surface area contributed by atoms with Crippen molar-refractivity contribution in [2.75, 3.05) is 5.32 Å². The first kappa shape index (κ1) is 30.5. The number of carbonyl (C=O) groups excluding carboxylic acids is 2. The summed E-state index contributed by atoms with van der Waals surface area (Å²) in [7, 11) is 0. The van der Waals surface area contributed by atoms with Crippen molar-refractivity contribution in [3.05, 3.63) is 40.8 Å². The summed E-state index contributed by atoms with van der Waals surface area (Å²) in [6.07, 6.45) is -7.02. The minimum absolute atomic E-state index is 0.0253. The van der Waals surface area contributed by atoms with Gasteiger partial charge in [0.15, 0.2) is 0 Å². The van der Waals surface area contributed by atoms with Gasteiger partial charge in [-0.1, -0.05) is 38.1 Å². The van der Waals surface area contributed by atoms with Gasteiger partial charge < -0.3 is 10.1 Å². The second-order valence-electron chi connectivity index (χ2n) is 8.41. The van der Waals surface area contributed by atoms with Gasteiger partial charge in [-0.2, -0.15) is 39.5 Å². The second-order valence-corrected chi connectivity index (χ2v) is 9.29. The van der Waals surface area contributed by atoms with Crippen molar-refractivity contribution < 1.29 is 53.8 Å². The lowest BCUT2D eigenvalue weighted by Gasteiger charge is -2.32. The molecule has 1 amide bonds. The first-order valence-corrected chi connectivity index (χ1v) is 11.6. The Kier molecular flexibility index (Phi) is 8.67. The normalized spacial score (nSPS) is 14.0. The third-order valence-electron chi connectivity index (χ3n) is 5.40. The van der Waals surface area contributed by atoms with Gasteiger partial charge in [-0.05, 0) is 37.3 Å². The average molecular weight is 563 g/mol. The third-order valence-corrected chi connectivity index (χ3v) is 6.29. The van der Waals surface area contributed by atoms with E-state index >= 15 is 0 Å². The minimum Gasteiger partial charge on any atom is -0.459 e. The van der Waals surface area contributed by atoms with Gasteiger partial charge in [0.1, 0.15) is 10.6 Å². The highest BCUT2D eigenvalue weighted by atomic mass is 32.1. The largest absolute Gasteiger partial charge is 0.460 e. The maximum Gasteiger partial charge on any atom is 0.460 e. The monoisotopic (exact) mass is 563 g/mol. The summed E-state index contributed by atoms with van der Waals surface area (Å²) < 4.78 is 124. The van der Waals surface area contributed by atoms with Gasteiger partial charge in [0.2, 0.25) is 0 Å². The van der Waals surface area contributed by atoms with Gasteiger partial charge >= 0.3 is 35.8 Å². The van der Waals surface area contributed by atoms with Crippen LogP contribution >= 0.6 is 11.3 Å². The Labute approximate surface area is 209 Å². The van der Waals surface area contributed by atoms with Crippen molar-refractivity contribution in [3.8, 4) is 11.1 Å². The molecule has 2 rings (SSSR count). The summed E-state index contributed by atoms with van der Waals surface area (Å²) in [4.78, 5) is 24.7. The molecule has 0 aliphatic heterocycles. The number of rotatable bonds is 9. The summed E-state index contributed by atoms with van der Waals surface area (Å²) in [5, 5.41) is 1.59. The summed E-state index contributed by atoms with van der Waals surface area (Å²) >= 11 is 0.389. The predicted octanol–water partition coefficient (Wildman–Crippen LogP) is 7.90. The zero-order valence-electron chi connectivity index (χ0n) is 19.8. The van der Waals surface area contributed by atoms with E-state index in [-0.39, 0.29) is 11.5 Å². The fourth-order valence-corrected chi connectivity index (χ4v) is 4.02. The van der Waals surface area contributed by atoms with Crippen LogP contribution in [0.25, 0.3) is 11.1 Å². The number of amides is 1. The van der Waals surface area contributed by atoms with Gasteiger partial charge in [0.05, 0.1) is 6.10 Å². The maximum absolute atomic E-state index is 14.1. The number of anilines is 1. The molecule has 1 aromatic heterocycles. The average Bonchev–Trinajstić information content (AvgIpc) is 3.20. The Morgan fingerprint density at radius 2 is 1.46 bits per heavy atom. The fraction of sp³-hybridized carbons (Fsp3) is 0.478. The van der Waals surface area contributed by atoms with Crippen molar-refractivity contribution in [2.45, 2.75) is 70.1 Å². The molecule has 0 fully saturated rings. The Morgan fingerprint density at radius 1 is 0.919 bits per heavy atom. The van der Waals surface area contributed by atoms with E-state index in [4.69, 9.17) is 4.74 Å². The van der Waals surface area contributed by atoms with E-state index < -0.39 is 52.5 Å². The molecule has 1 heterocycles. The number of benzene rings is 1. The van der Waals surface area contributed by atoms with Gasteiger partial charge in [0, 0.05) is 10.9 Å². The van der Waals surface area contributed by atoms with E-state index in [1.54, 1.807) is 24.3 Å². The van der Waals surface area contributed by atoms with E-state index in [1.165, 1.54) is 24.5 Å². The summed E-state index contributed by atoms with van der Waals surface area (Å²) in [5.41, 5.74) is 0.719. The quantitative estimate of drug-likeness (QED) is 0.249. The molecule has 4 nitrogen and oxygen atoms in total. The number of thiophene rings is 1. The molecule has 2 aromatic rings. The molecule has 1 N–H and O–H groups in total. The van der Waals surface area contributed by atoms with Crippen LogP contribution in [0, 0.1) is 0 Å². The van der Waals surface area contributed by atoms with Crippen LogP contribution in [0.2, 0.25) is 0 Å². The second kappa shape index (κ2) is 10.5. The Balaban J connectivity index is 2.53. The molecular weight excluding hydrogens is 541 g/mol. The number of alkyl halides is 9. The molecule has 0 bridgehead atoms. The van der Waals surface area contributed by atoms with Crippen LogP contribution in [0.5, 0.6) is 0 Å². The van der Waals surface area contributed by atoms with Crippen LogP contribution in [-0.2, 0) is 9.53 Å². The third kappa shape index (κ3) is 5.73. The zero-order valence-corrected chi connectivity index (χ0v) is 20.6. The van der Waals surface area contributed by atoms with Gasteiger partial charge in [-0.15, -0.1) is 11.3 Å². The molecule has 1 atom stereocenters. The summed E-state index contributed by atoms with van der Waals surface area (Å²) in [6.45, 7) is 6.77. The molecule has 0 aliphatic rings. The number of hydrogen-bond donors (Lipinski definition) is 1. The maximum atomic E-state index is 14.1. The molecule has 0 saturated heterocycles. The lowest BCUT2D eigenvalue weighted by molar-refractivity contribution is -0.388. The van der Waals surface area contributed by atoms with Crippen LogP contribution < -0.4 is 5.32 Å². The molecule has 206 valence electrons. The predicted molar refractivity (Wildman–Crippen MR) is 119 cm³/mol. The van der Waals surface area contributed by atoms with Crippen LogP contribution in [0.15, 0.2) is 29.6 Å². The molecular formula is C23H22F9NO3S. The smallest absolute Gasteiger partial charge is 0.459 e. The van der Waals surface area contributed by atoms with Crippen LogP contribution in [0.4, 0.5) is 44.5 Å². The molecule has 14 heteroatoms. The molecule has 37 heavy (non-hydrogen) atoms. The van der Waals surface area contributed by atoms with Crippen molar-refractivity contribution >= 4 is 28.2 Å². The fourth-order valence-electron chi connectivity index (χ4n) is 3.06. The highest BCUT2D eigenvalue weighted by Gasteiger charge is 2.83. The van der Waals surface area contributed by atoms with Crippen LogP contribution in [-0.4, -0.2) is 41.9 Å². The first-order valence-electron chi connectivity index (χ1n) is 10.7. The number of halogens is 9. The Bertz CT molecular complexity index is 1130. The molecule has 1 unspecified atom stereocenters. The first-order chi connectivity index (χ1) is 16.8. The van der Waals surface area contributed by atoms with Crippen molar-refractivity contribution in [3.63, 3.8) is 0 Å². The standard InChI is InChI=1S/C23H22F9NO3S/c1-5-12(4)13-6-8-14(9-7-13)15-10-37-17(16(15)18(34)36-11(2)3)33-19(35)20(24,25)21(26,27)22(28,29)23(30,31)32/h6-12H,5H2,1-4H3,(H,33,35). The number of carbonyl (C=O) groups is 2. The van der Waals surface area contributed by atoms with Crippen molar-refractivity contribution in [1.82, 2.24) is 0 Å². The molecule has 0 aliphatic carbocycles. The SMILES string of the molecule is CCC(C)c1ccc(-c2csc(NC(=O)C(F)(F)C(F)(F)C(F)(F)C(F)(F)F)c2C(=O)OC(C)C)cc1. The highest BCUT2D eigenvalue weighted by Crippen LogP contribution is 2.53. The number of esters is 1. The Hall–Kier alpha value is -2.77. The zero-order chi connectivity index (χ0) is 28.6. The number of nitrogens with one attached hydrogen (secondary N) is 1. The van der Waals surface area contributed by atoms with E-state index in [0.29, 0.717) is 16.9 Å². The molecule has 0 radical (unpaired) electrons.